The largest absolute Gasteiger partial charge is 0.397 e. The highest BCUT2D eigenvalue weighted by molar-refractivity contribution is 9.10. The highest BCUT2D eigenvalue weighted by atomic mass is 79.9. The van der Waals surface area contributed by atoms with E-state index >= 15 is 0 Å². The van der Waals surface area contributed by atoms with Crippen LogP contribution in [0.4, 0.5) is 17.1 Å². The topological polar surface area (TPSA) is 50.9 Å². The van der Waals surface area contributed by atoms with Crippen molar-refractivity contribution >= 4 is 44.6 Å². The van der Waals surface area contributed by atoms with E-state index in [2.05, 4.69) is 26.2 Å². The third kappa shape index (κ3) is 2.90. The summed E-state index contributed by atoms with van der Waals surface area (Å²) < 4.78 is 0.946. The highest BCUT2D eigenvalue weighted by Crippen LogP contribution is 2.31. The number of rotatable bonds is 2. The number of nitrogens with two attached hydrogens (primary N) is 1. The van der Waals surface area contributed by atoms with Crippen LogP contribution in [-0.4, -0.2) is 4.98 Å². The molecule has 0 aliphatic heterocycles. The molecule has 1 aromatic heterocycles. The number of hydrogen-bond acceptors (Lipinski definition) is 3. The first-order chi connectivity index (χ1) is 8.06. The van der Waals surface area contributed by atoms with Crippen molar-refractivity contribution in [2.24, 2.45) is 0 Å². The number of benzene rings is 1. The second kappa shape index (κ2) is 4.94. The number of hydrogen-bond donors (Lipinski definition) is 2. The number of pyridine rings is 1. The Hall–Kier alpha value is -1.26. The first-order valence-electron chi connectivity index (χ1n) is 4.99. The quantitative estimate of drug-likeness (QED) is 0.876. The zero-order valence-corrected chi connectivity index (χ0v) is 11.5. The maximum atomic E-state index is 6.08. The second-order valence-corrected chi connectivity index (χ2v) is 4.97. The summed E-state index contributed by atoms with van der Waals surface area (Å²) in [7, 11) is 0. The summed E-state index contributed by atoms with van der Waals surface area (Å²) in [6.07, 6.45) is 3.30. The first kappa shape index (κ1) is 12.2. The van der Waals surface area contributed by atoms with Gasteiger partial charge in [0, 0.05) is 15.7 Å². The molecule has 3 N–H and O–H groups in total. The van der Waals surface area contributed by atoms with Gasteiger partial charge in [-0.05, 0) is 46.6 Å². The van der Waals surface area contributed by atoms with E-state index in [0.29, 0.717) is 10.7 Å². The SMILES string of the molecule is Cc1cc(Br)c(Nc2cncc(N)c2)cc1Cl. The molecule has 3 nitrogen and oxygen atoms in total. The summed E-state index contributed by atoms with van der Waals surface area (Å²) in [5.74, 6) is 0. The Labute approximate surface area is 113 Å². The molecule has 0 amide bonds. The van der Waals surface area contributed by atoms with Gasteiger partial charge in [0.05, 0.1) is 23.3 Å². The van der Waals surface area contributed by atoms with Crippen LogP contribution in [0.3, 0.4) is 0 Å². The molecular formula is C12H11BrClN3. The molecule has 0 atom stereocenters. The minimum atomic E-state index is 0.615. The minimum absolute atomic E-state index is 0.615. The monoisotopic (exact) mass is 311 g/mol. The van der Waals surface area contributed by atoms with E-state index in [1.54, 1.807) is 12.4 Å². The van der Waals surface area contributed by atoms with Gasteiger partial charge in [-0.1, -0.05) is 11.6 Å². The average molecular weight is 313 g/mol. The molecule has 88 valence electrons. The summed E-state index contributed by atoms with van der Waals surface area (Å²) in [4.78, 5) is 4.01. The van der Waals surface area contributed by atoms with Gasteiger partial charge in [-0.15, -0.1) is 0 Å². The van der Waals surface area contributed by atoms with Crippen molar-refractivity contribution in [3.8, 4) is 0 Å². The number of halogens is 2. The summed E-state index contributed by atoms with van der Waals surface area (Å²) >= 11 is 9.57. The highest BCUT2D eigenvalue weighted by Gasteiger charge is 2.05. The molecule has 0 aliphatic carbocycles. The number of anilines is 3. The molecule has 0 unspecified atom stereocenters. The fraction of sp³-hybridized carbons (Fsp3) is 0.0833. The molecule has 0 saturated heterocycles. The third-order valence-corrected chi connectivity index (χ3v) is 3.35. The molecule has 5 heteroatoms. The van der Waals surface area contributed by atoms with Crippen molar-refractivity contribution in [3.63, 3.8) is 0 Å². The predicted molar refractivity (Wildman–Crippen MR) is 75.8 cm³/mol. The van der Waals surface area contributed by atoms with Crippen LogP contribution < -0.4 is 11.1 Å². The van der Waals surface area contributed by atoms with Gasteiger partial charge in [-0.3, -0.25) is 4.98 Å². The van der Waals surface area contributed by atoms with Gasteiger partial charge in [0.15, 0.2) is 0 Å². The molecular weight excluding hydrogens is 302 g/mol. The van der Waals surface area contributed by atoms with Crippen molar-refractivity contribution < 1.29 is 0 Å². The molecule has 0 bridgehead atoms. The lowest BCUT2D eigenvalue weighted by atomic mass is 10.2. The molecule has 0 aliphatic rings. The van der Waals surface area contributed by atoms with Crippen LogP contribution in [0.25, 0.3) is 0 Å². The van der Waals surface area contributed by atoms with E-state index in [1.165, 1.54) is 0 Å². The lowest BCUT2D eigenvalue weighted by molar-refractivity contribution is 1.32. The Balaban J connectivity index is 2.33. The maximum Gasteiger partial charge on any atom is 0.0591 e. The Bertz CT molecular complexity index is 557. The van der Waals surface area contributed by atoms with Gasteiger partial charge < -0.3 is 11.1 Å². The van der Waals surface area contributed by atoms with Crippen LogP contribution in [0.2, 0.25) is 5.02 Å². The lowest BCUT2D eigenvalue weighted by Crippen LogP contribution is -1.95. The van der Waals surface area contributed by atoms with Crippen molar-refractivity contribution in [1.29, 1.82) is 0 Å². The molecule has 0 fully saturated rings. The van der Waals surface area contributed by atoms with Crippen molar-refractivity contribution in [1.82, 2.24) is 4.98 Å². The average Bonchev–Trinajstić information content (AvgIpc) is 2.26. The summed E-state index contributed by atoms with van der Waals surface area (Å²) in [6.45, 7) is 1.96. The van der Waals surface area contributed by atoms with Crippen LogP contribution in [0.15, 0.2) is 35.1 Å². The third-order valence-electron chi connectivity index (χ3n) is 2.29. The molecule has 0 spiro atoms. The summed E-state index contributed by atoms with van der Waals surface area (Å²) in [6, 6.07) is 5.64. The molecule has 1 heterocycles. The Morgan fingerprint density at radius 2 is 2.06 bits per heavy atom. The van der Waals surface area contributed by atoms with Crippen LogP contribution in [0.1, 0.15) is 5.56 Å². The van der Waals surface area contributed by atoms with Gasteiger partial charge >= 0.3 is 0 Å². The van der Waals surface area contributed by atoms with E-state index in [0.717, 1.165) is 21.4 Å². The zero-order chi connectivity index (χ0) is 12.4. The van der Waals surface area contributed by atoms with Gasteiger partial charge in [0.2, 0.25) is 0 Å². The molecule has 1 aromatic carbocycles. The van der Waals surface area contributed by atoms with E-state index in [9.17, 15) is 0 Å². The van der Waals surface area contributed by atoms with Crippen LogP contribution >= 0.6 is 27.5 Å². The van der Waals surface area contributed by atoms with E-state index in [4.69, 9.17) is 17.3 Å². The number of aryl methyl sites for hydroxylation is 1. The van der Waals surface area contributed by atoms with Gasteiger partial charge in [-0.25, -0.2) is 0 Å². The zero-order valence-electron chi connectivity index (χ0n) is 9.17. The van der Waals surface area contributed by atoms with Crippen LogP contribution in [-0.2, 0) is 0 Å². The van der Waals surface area contributed by atoms with Crippen LogP contribution in [0.5, 0.6) is 0 Å². The summed E-state index contributed by atoms with van der Waals surface area (Å²) in [5.41, 5.74) is 9.01. The Morgan fingerprint density at radius 3 is 2.76 bits per heavy atom. The molecule has 2 rings (SSSR count). The van der Waals surface area contributed by atoms with Crippen molar-refractivity contribution in [3.05, 3.63) is 45.7 Å². The predicted octanol–water partition coefficient (Wildman–Crippen LogP) is 4.13. The molecule has 2 aromatic rings. The lowest BCUT2D eigenvalue weighted by Gasteiger charge is -2.10. The normalized spacial score (nSPS) is 10.3. The first-order valence-corrected chi connectivity index (χ1v) is 6.16. The number of nitrogens with one attached hydrogen (secondary N) is 1. The van der Waals surface area contributed by atoms with Gasteiger partial charge in [0.1, 0.15) is 0 Å². The minimum Gasteiger partial charge on any atom is -0.397 e. The number of nitrogens with zero attached hydrogens (tertiary/aromatic N) is 1. The van der Waals surface area contributed by atoms with Gasteiger partial charge in [0.25, 0.3) is 0 Å². The molecule has 0 saturated carbocycles. The van der Waals surface area contributed by atoms with Crippen LogP contribution in [0, 0.1) is 6.92 Å². The second-order valence-electron chi connectivity index (χ2n) is 3.71. The van der Waals surface area contributed by atoms with Crippen molar-refractivity contribution in [2.45, 2.75) is 6.92 Å². The van der Waals surface area contributed by atoms with E-state index in [1.807, 2.05) is 25.1 Å². The van der Waals surface area contributed by atoms with E-state index in [-0.39, 0.29) is 0 Å². The Kier molecular flexibility index (Phi) is 3.54. The molecule has 17 heavy (non-hydrogen) atoms. The van der Waals surface area contributed by atoms with E-state index < -0.39 is 0 Å². The summed E-state index contributed by atoms with van der Waals surface area (Å²) in [5, 5.41) is 3.92. The van der Waals surface area contributed by atoms with Gasteiger partial charge in [-0.2, -0.15) is 0 Å². The molecule has 0 radical (unpaired) electrons. The Morgan fingerprint density at radius 1 is 1.29 bits per heavy atom. The maximum absolute atomic E-state index is 6.08. The van der Waals surface area contributed by atoms with Crippen molar-refractivity contribution in [2.75, 3.05) is 11.1 Å². The fourth-order valence-electron chi connectivity index (χ4n) is 1.42. The standard InChI is InChI=1S/C12H11BrClN3/c1-7-2-10(13)12(4-11(7)14)17-9-3-8(15)5-16-6-9/h2-6,17H,15H2,1H3. The smallest absolute Gasteiger partial charge is 0.0591 e. The number of aromatic nitrogens is 1. The fourth-order valence-corrected chi connectivity index (χ4v) is 2.14. The number of nitrogen functional groups attached to an aromatic ring is 1.